The van der Waals surface area contributed by atoms with Crippen LogP contribution in [-0.4, -0.2) is 36.9 Å². The molecule has 0 unspecified atom stereocenters. The SMILES string of the molecule is [C-]#[N+]c1ccc(N2CCN(Cc3c(C)sc(N)c3C(=O)c3ccc(Cl)cc3)CC2)cc1. The molecule has 5 nitrogen and oxygen atoms in total. The Kier molecular flexibility index (Phi) is 6.28. The van der Waals surface area contributed by atoms with Crippen LogP contribution < -0.4 is 10.6 Å². The molecule has 2 heterocycles. The highest BCUT2D eigenvalue weighted by molar-refractivity contribution is 7.16. The molecule has 1 aliphatic heterocycles. The molecule has 0 atom stereocenters. The van der Waals surface area contributed by atoms with Crippen LogP contribution in [0.15, 0.2) is 48.5 Å². The van der Waals surface area contributed by atoms with E-state index in [9.17, 15) is 4.79 Å². The molecule has 0 spiro atoms. The van der Waals surface area contributed by atoms with Crippen LogP contribution in [0.2, 0.25) is 5.02 Å². The smallest absolute Gasteiger partial charge is 0.196 e. The van der Waals surface area contributed by atoms with Crippen LogP contribution in [0.1, 0.15) is 26.4 Å². The van der Waals surface area contributed by atoms with E-state index in [0.717, 1.165) is 42.3 Å². The molecule has 0 aliphatic carbocycles. The minimum Gasteiger partial charge on any atom is -0.390 e. The van der Waals surface area contributed by atoms with Gasteiger partial charge in [0.2, 0.25) is 0 Å². The number of ketones is 1. The van der Waals surface area contributed by atoms with Crippen molar-refractivity contribution in [2.24, 2.45) is 0 Å². The Bertz CT molecular complexity index is 1120. The Hall–Kier alpha value is -2.85. The van der Waals surface area contributed by atoms with Gasteiger partial charge < -0.3 is 10.6 Å². The van der Waals surface area contributed by atoms with Crippen LogP contribution in [-0.2, 0) is 6.54 Å². The van der Waals surface area contributed by atoms with Crippen molar-refractivity contribution in [3.05, 3.63) is 86.5 Å². The van der Waals surface area contributed by atoms with Gasteiger partial charge in [-0.2, -0.15) is 0 Å². The van der Waals surface area contributed by atoms with Crippen molar-refractivity contribution in [2.75, 3.05) is 36.8 Å². The number of nitrogens with zero attached hydrogens (tertiary/aromatic N) is 3. The average molecular weight is 451 g/mol. The predicted octanol–water partition coefficient (Wildman–Crippen LogP) is 5.40. The summed E-state index contributed by atoms with van der Waals surface area (Å²) in [6, 6.07) is 14.7. The van der Waals surface area contributed by atoms with Gasteiger partial charge in [-0.1, -0.05) is 23.7 Å². The summed E-state index contributed by atoms with van der Waals surface area (Å²) >= 11 is 7.45. The number of halogens is 1. The van der Waals surface area contributed by atoms with E-state index >= 15 is 0 Å². The zero-order valence-electron chi connectivity index (χ0n) is 17.3. The topological polar surface area (TPSA) is 53.9 Å². The average Bonchev–Trinajstić information content (AvgIpc) is 3.07. The Morgan fingerprint density at radius 2 is 1.74 bits per heavy atom. The van der Waals surface area contributed by atoms with E-state index in [1.807, 2.05) is 31.2 Å². The number of carbonyl (C=O) groups excluding carboxylic acids is 1. The van der Waals surface area contributed by atoms with Crippen LogP contribution in [0.5, 0.6) is 0 Å². The molecular weight excluding hydrogens is 428 g/mol. The van der Waals surface area contributed by atoms with Crippen LogP contribution in [0, 0.1) is 13.5 Å². The van der Waals surface area contributed by atoms with Crippen LogP contribution in [0.3, 0.4) is 0 Å². The van der Waals surface area contributed by atoms with Gasteiger partial charge in [0.1, 0.15) is 0 Å². The van der Waals surface area contributed by atoms with E-state index < -0.39 is 0 Å². The summed E-state index contributed by atoms with van der Waals surface area (Å²) in [7, 11) is 0. The van der Waals surface area contributed by atoms with Gasteiger partial charge in [-0.05, 0) is 48.9 Å². The minimum absolute atomic E-state index is 0.0490. The van der Waals surface area contributed by atoms with E-state index in [4.69, 9.17) is 23.9 Å². The lowest BCUT2D eigenvalue weighted by molar-refractivity contribution is 0.103. The van der Waals surface area contributed by atoms with Crippen LogP contribution in [0.4, 0.5) is 16.4 Å². The van der Waals surface area contributed by atoms with Gasteiger partial charge >= 0.3 is 0 Å². The first-order chi connectivity index (χ1) is 15.0. The molecule has 7 heteroatoms. The number of thiophene rings is 1. The fourth-order valence-electron chi connectivity index (χ4n) is 3.91. The molecule has 0 saturated carbocycles. The van der Waals surface area contributed by atoms with E-state index in [1.54, 1.807) is 24.3 Å². The van der Waals surface area contributed by atoms with Crippen molar-refractivity contribution in [2.45, 2.75) is 13.5 Å². The molecule has 158 valence electrons. The van der Waals surface area contributed by atoms with Gasteiger partial charge in [-0.15, -0.1) is 11.3 Å². The van der Waals surface area contributed by atoms with Crippen molar-refractivity contribution >= 4 is 45.1 Å². The summed E-state index contributed by atoms with van der Waals surface area (Å²) < 4.78 is 0. The number of rotatable bonds is 5. The van der Waals surface area contributed by atoms with Gasteiger partial charge in [0, 0.05) is 53.9 Å². The molecule has 31 heavy (non-hydrogen) atoms. The summed E-state index contributed by atoms with van der Waals surface area (Å²) in [5.74, 6) is -0.0490. The number of anilines is 2. The lowest BCUT2D eigenvalue weighted by Gasteiger charge is -2.36. The van der Waals surface area contributed by atoms with Crippen LogP contribution in [0.25, 0.3) is 4.85 Å². The summed E-state index contributed by atoms with van der Waals surface area (Å²) in [4.78, 5) is 22.4. The Balaban J connectivity index is 1.47. The van der Waals surface area contributed by atoms with E-state index in [2.05, 4.69) is 14.6 Å². The first-order valence-electron chi connectivity index (χ1n) is 10.1. The highest BCUT2D eigenvalue weighted by atomic mass is 35.5. The standard InChI is InChI=1S/C24H23ClN4OS/c1-16-21(22(24(26)31-16)23(30)17-3-5-18(25)6-4-17)15-28-11-13-29(14-12-28)20-9-7-19(27-2)8-10-20/h3-10H,11-15,26H2,1H3. The lowest BCUT2D eigenvalue weighted by Crippen LogP contribution is -2.46. The van der Waals surface area contributed by atoms with Gasteiger partial charge in [0.15, 0.2) is 11.5 Å². The highest BCUT2D eigenvalue weighted by Gasteiger charge is 2.25. The van der Waals surface area contributed by atoms with E-state index in [0.29, 0.717) is 33.4 Å². The minimum atomic E-state index is -0.0490. The largest absolute Gasteiger partial charge is 0.390 e. The molecule has 0 radical (unpaired) electrons. The third-order valence-corrected chi connectivity index (χ3v) is 6.90. The zero-order chi connectivity index (χ0) is 22.0. The number of aryl methyl sites for hydroxylation is 1. The maximum atomic E-state index is 13.2. The van der Waals surface area contributed by atoms with Gasteiger partial charge in [0.05, 0.1) is 17.1 Å². The number of benzene rings is 2. The molecule has 1 fully saturated rings. The first-order valence-corrected chi connectivity index (χ1v) is 11.3. The van der Waals surface area contributed by atoms with Crippen molar-refractivity contribution in [3.63, 3.8) is 0 Å². The van der Waals surface area contributed by atoms with E-state index in [1.165, 1.54) is 11.3 Å². The number of hydrogen-bond acceptors (Lipinski definition) is 5. The maximum Gasteiger partial charge on any atom is 0.196 e. The third kappa shape index (κ3) is 4.59. The second-order valence-electron chi connectivity index (χ2n) is 7.60. The molecule has 4 rings (SSSR count). The number of piperazine rings is 1. The predicted molar refractivity (Wildman–Crippen MR) is 129 cm³/mol. The Morgan fingerprint density at radius 1 is 1.10 bits per heavy atom. The molecule has 3 aromatic rings. The second-order valence-corrected chi connectivity index (χ2v) is 9.30. The molecule has 1 saturated heterocycles. The Morgan fingerprint density at radius 3 is 2.35 bits per heavy atom. The zero-order valence-corrected chi connectivity index (χ0v) is 18.8. The fraction of sp³-hybridized carbons (Fsp3) is 0.250. The fourth-order valence-corrected chi connectivity index (χ4v) is 4.98. The number of nitrogens with two attached hydrogens (primary N) is 1. The normalized spacial score (nSPS) is 14.4. The molecular formula is C24H23ClN4OS. The van der Waals surface area contributed by atoms with E-state index in [-0.39, 0.29) is 5.78 Å². The molecule has 1 aliphatic rings. The number of hydrogen-bond donors (Lipinski definition) is 1. The van der Waals surface area contributed by atoms with Crippen molar-refractivity contribution in [1.29, 1.82) is 0 Å². The van der Waals surface area contributed by atoms with Crippen molar-refractivity contribution in [1.82, 2.24) is 4.90 Å². The Labute approximate surface area is 191 Å². The third-order valence-electron chi connectivity index (χ3n) is 5.67. The van der Waals surface area contributed by atoms with Gasteiger partial charge in [0.25, 0.3) is 0 Å². The monoisotopic (exact) mass is 450 g/mol. The van der Waals surface area contributed by atoms with Crippen molar-refractivity contribution < 1.29 is 4.79 Å². The first kappa shape index (κ1) is 21.4. The van der Waals surface area contributed by atoms with Gasteiger partial charge in [-0.25, -0.2) is 4.85 Å². The van der Waals surface area contributed by atoms with Crippen LogP contribution >= 0.6 is 22.9 Å². The van der Waals surface area contributed by atoms with Crippen molar-refractivity contribution in [3.8, 4) is 0 Å². The maximum absolute atomic E-state index is 13.2. The molecule has 0 amide bonds. The molecule has 2 aromatic carbocycles. The number of nitrogen functional groups attached to an aromatic ring is 1. The molecule has 0 bridgehead atoms. The summed E-state index contributed by atoms with van der Waals surface area (Å²) in [5, 5.41) is 1.18. The lowest BCUT2D eigenvalue weighted by atomic mass is 9.99. The quantitative estimate of drug-likeness (QED) is 0.418. The highest BCUT2D eigenvalue weighted by Crippen LogP contribution is 2.34. The molecule has 1 aromatic heterocycles. The van der Waals surface area contributed by atoms with Gasteiger partial charge in [-0.3, -0.25) is 9.69 Å². The summed E-state index contributed by atoms with van der Waals surface area (Å²) in [6.45, 7) is 13.4. The summed E-state index contributed by atoms with van der Waals surface area (Å²) in [6.07, 6.45) is 0. The summed E-state index contributed by atoms with van der Waals surface area (Å²) in [5.41, 5.74) is 10.3. The second kappa shape index (κ2) is 9.11. The molecule has 2 N–H and O–H groups in total. The number of carbonyl (C=O) groups is 1.